The summed E-state index contributed by atoms with van der Waals surface area (Å²) in [5.74, 6) is 1.88. The highest BCUT2D eigenvalue weighted by Crippen LogP contribution is 2.22. The monoisotopic (exact) mass is 337 g/mol. The molecule has 0 spiro atoms. The lowest BCUT2D eigenvalue weighted by Gasteiger charge is -2.17. The molecule has 1 fully saturated rings. The third-order valence-corrected chi connectivity index (χ3v) is 6.11. The molecule has 1 aliphatic rings. The summed E-state index contributed by atoms with van der Waals surface area (Å²) in [6.07, 6.45) is 26.5. The Bertz CT molecular complexity index is 250. The van der Waals surface area contributed by atoms with Gasteiger partial charge >= 0.3 is 0 Å². The fourth-order valence-corrected chi connectivity index (χ4v) is 4.40. The summed E-state index contributed by atoms with van der Waals surface area (Å²) in [6, 6.07) is 0. The average Bonchev–Trinajstić information content (AvgIpc) is 2.58. The first kappa shape index (κ1) is 22.0. The molecule has 1 rings (SSSR count). The standard InChI is InChI=1S/C23H47N/c1-22-17-13-11-9-7-5-3-4-6-8-10-12-14-19-23(21-24-2)20-16-15-18-22/h22-24H,3-21H2,1-2H3. The molecule has 1 saturated carbocycles. The molecule has 0 aliphatic heterocycles. The average molecular weight is 338 g/mol. The molecule has 2 atom stereocenters. The van der Waals surface area contributed by atoms with Crippen molar-refractivity contribution in [2.75, 3.05) is 13.6 Å². The Kier molecular flexibility index (Phi) is 15.1. The molecule has 1 heteroatoms. The van der Waals surface area contributed by atoms with E-state index >= 15 is 0 Å². The van der Waals surface area contributed by atoms with E-state index in [0.717, 1.165) is 11.8 Å². The van der Waals surface area contributed by atoms with E-state index in [4.69, 9.17) is 0 Å². The second-order valence-corrected chi connectivity index (χ2v) is 8.63. The van der Waals surface area contributed by atoms with Gasteiger partial charge in [-0.2, -0.15) is 0 Å². The van der Waals surface area contributed by atoms with Gasteiger partial charge in [0.25, 0.3) is 0 Å². The Morgan fingerprint density at radius 3 is 1.33 bits per heavy atom. The van der Waals surface area contributed by atoms with E-state index in [1.807, 2.05) is 0 Å². The fourth-order valence-electron chi connectivity index (χ4n) is 4.40. The molecular formula is C23H47N. The molecule has 0 aromatic heterocycles. The van der Waals surface area contributed by atoms with Crippen LogP contribution in [-0.4, -0.2) is 13.6 Å². The van der Waals surface area contributed by atoms with Crippen molar-refractivity contribution in [1.82, 2.24) is 5.32 Å². The van der Waals surface area contributed by atoms with Crippen molar-refractivity contribution in [1.29, 1.82) is 0 Å². The van der Waals surface area contributed by atoms with Gasteiger partial charge in [0.2, 0.25) is 0 Å². The second-order valence-electron chi connectivity index (χ2n) is 8.63. The maximum atomic E-state index is 3.43. The van der Waals surface area contributed by atoms with Crippen molar-refractivity contribution in [2.45, 2.75) is 122 Å². The molecule has 0 heterocycles. The molecule has 0 radical (unpaired) electrons. The molecular weight excluding hydrogens is 290 g/mol. The first-order valence-electron chi connectivity index (χ1n) is 11.5. The summed E-state index contributed by atoms with van der Waals surface area (Å²) in [7, 11) is 2.12. The van der Waals surface area contributed by atoms with Crippen molar-refractivity contribution >= 4 is 0 Å². The third-order valence-electron chi connectivity index (χ3n) is 6.11. The summed E-state index contributed by atoms with van der Waals surface area (Å²) in [5, 5.41) is 3.43. The highest BCUT2D eigenvalue weighted by atomic mass is 14.8. The minimum absolute atomic E-state index is 0.927. The quantitative estimate of drug-likeness (QED) is 0.550. The van der Waals surface area contributed by atoms with Crippen LogP contribution < -0.4 is 5.32 Å². The number of rotatable bonds is 2. The Labute approximate surface area is 153 Å². The fraction of sp³-hybridized carbons (Fsp3) is 1.00. The van der Waals surface area contributed by atoms with Crippen molar-refractivity contribution in [3.63, 3.8) is 0 Å². The lowest BCUT2D eigenvalue weighted by molar-refractivity contribution is 0.375. The molecule has 2 unspecified atom stereocenters. The van der Waals surface area contributed by atoms with Gasteiger partial charge in [0.1, 0.15) is 0 Å². The number of hydrogen-bond donors (Lipinski definition) is 1. The molecule has 1 N–H and O–H groups in total. The minimum atomic E-state index is 0.927. The van der Waals surface area contributed by atoms with Gasteiger partial charge in [-0.1, -0.05) is 110 Å². The summed E-state index contributed by atoms with van der Waals surface area (Å²) >= 11 is 0. The smallest absolute Gasteiger partial charge is 0.00235 e. The first-order chi connectivity index (χ1) is 11.8. The van der Waals surface area contributed by atoms with Crippen LogP contribution in [0.2, 0.25) is 0 Å². The van der Waals surface area contributed by atoms with Crippen molar-refractivity contribution in [2.24, 2.45) is 11.8 Å². The van der Waals surface area contributed by atoms with Crippen LogP contribution in [0.3, 0.4) is 0 Å². The lowest BCUT2D eigenvalue weighted by Crippen LogP contribution is -2.19. The maximum Gasteiger partial charge on any atom is -0.00235 e. The molecule has 144 valence electrons. The number of hydrogen-bond acceptors (Lipinski definition) is 1. The molecule has 0 aromatic rings. The van der Waals surface area contributed by atoms with Crippen LogP contribution in [0, 0.1) is 11.8 Å². The van der Waals surface area contributed by atoms with Crippen LogP contribution in [0.1, 0.15) is 122 Å². The van der Waals surface area contributed by atoms with Crippen molar-refractivity contribution in [3.8, 4) is 0 Å². The van der Waals surface area contributed by atoms with E-state index in [-0.39, 0.29) is 0 Å². The maximum absolute atomic E-state index is 3.43. The van der Waals surface area contributed by atoms with Crippen LogP contribution in [0.15, 0.2) is 0 Å². The predicted octanol–water partition coefficient (Wildman–Crippen LogP) is 7.49. The van der Waals surface area contributed by atoms with Gasteiger partial charge in [0.05, 0.1) is 0 Å². The second kappa shape index (κ2) is 16.4. The highest BCUT2D eigenvalue weighted by molar-refractivity contribution is 4.64. The summed E-state index contributed by atoms with van der Waals surface area (Å²) in [4.78, 5) is 0. The zero-order valence-electron chi connectivity index (χ0n) is 17.1. The van der Waals surface area contributed by atoms with Crippen LogP contribution in [0.25, 0.3) is 0 Å². The van der Waals surface area contributed by atoms with Crippen LogP contribution in [0.5, 0.6) is 0 Å². The van der Waals surface area contributed by atoms with Gasteiger partial charge in [0, 0.05) is 0 Å². The summed E-state index contributed by atoms with van der Waals surface area (Å²) in [5.41, 5.74) is 0. The molecule has 0 saturated heterocycles. The van der Waals surface area contributed by atoms with E-state index in [2.05, 4.69) is 19.3 Å². The minimum Gasteiger partial charge on any atom is -0.319 e. The van der Waals surface area contributed by atoms with Crippen LogP contribution in [-0.2, 0) is 0 Å². The molecule has 1 aliphatic carbocycles. The van der Waals surface area contributed by atoms with E-state index in [1.165, 1.54) is 122 Å². The topological polar surface area (TPSA) is 12.0 Å². The molecule has 0 aromatic carbocycles. The van der Waals surface area contributed by atoms with Crippen LogP contribution in [0.4, 0.5) is 0 Å². The Morgan fingerprint density at radius 1 is 0.542 bits per heavy atom. The largest absolute Gasteiger partial charge is 0.319 e. The molecule has 0 bridgehead atoms. The van der Waals surface area contributed by atoms with Gasteiger partial charge in [0.15, 0.2) is 0 Å². The van der Waals surface area contributed by atoms with Crippen molar-refractivity contribution in [3.05, 3.63) is 0 Å². The van der Waals surface area contributed by atoms with Crippen LogP contribution >= 0.6 is 0 Å². The predicted molar refractivity (Wildman–Crippen MR) is 110 cm³/mol. The van der Waals surface area contributed by atoms with Gasteiger partial charge < -0.3 is 5.32 Å². The highest BCUT2D eigenvalue weighted by Gasteiger charge is 2.09. The SMILES string of the molecule is CNCC1CCCCCCCCCCCCCCC(C)CCCC1. The Hall–Kier alpha value is -0.0400. The van der Waals surface area contributed by atoms with Crippen molar-refractivity contribution < 1.29 is 0 Å². The third kappa shape index (κ3) is 13.3. The number of nitrogens with one attached hydrogen (secondary N) is 1. The van der Waals surface area contributed by atoms with Gasteiger partial charge in [-0.05, 0) is 38.3 Å². The normalized spacial score (nSPS) is 28.2. The van der Waals surface area contributed by atoms with Gasteiger partial charge in [-0.15, -0.1) is 0 Å². The van der Waals surface area contributed by atoms with Gasteiger partial charge in [-0.25, -0.2) is 0 Å². The van der Waals surface area contributed by atoms with E-state index in [1.54, 1.807) is 0 Å². The van der Waals surface area contributed by atoms with E-state index in [0.29, 0.717) is 0 Å². The molecule has 1 nitrogen and oxygen atoms in total. The lowest BCUT2D eigenvalue weighted by atomic mass is 9.91. The zero-order chi connectivity index (χ0) is 17.3. The molecule has 0 amide bonds. The zero-order valence-corrected chi connectivity index (χ0v) is 17.1. The summed E-state index contributed by atoms with van der Waals surface area (Å²) < 4.78 is 0. The summed E-state index contributed by atoms with van der Waals surface area (Å²) in [6.45, 7) is 3.71. The van der Waals surface area contributed by atoms with E-state index < -0.39 is 0 Å². The van der Waals surface area contributed by atoms with Gasteiger partial charge in [-0.3, -0.25) is 0 Å². The Morgan fingerprint density at radius 2 is 0.875 bits per heavy atom. The molecule has 24 heavy (non-hydrogen) atoms. The Balaban J connectivity index is 2.25. The first-order valence-corrected chi connectivity index (χ1v) is 11.5. The van der Waals surface area contributed by atoms with E-state index in [9.17, 15) is 0 Å².